The molecule has 36 heavy (non-hydrogen) atoms. The van der Waals surface area contributed by atoms with Crippen LogP contribution in [0.3, 0.4) is 0 Å². The highest BCUT2D eigenvalue weighted by molar-refractivity contribution is 5.94. The highest BCUT2D eigenvalue weighted by Gasteiger charge is 2.16. The minimum absolute atomic E-state index is 0.326. The number of aromatic nitrogens is 2. The van der Waals surface area contributed by atoms with Crippen LogP contribution in [0.1, 0.15) is 0 Å². The van der Waals surface area contributed by atoms with Crippen LogP contribution in [-0.2, 0) is 4.74 Å². The summed E-state index contributed by atoms with van der Waals surface area (Å²) in [6.07, 6.45) is 1.76. The monoisotopic (exact) mass is 487 g/mol. The van der Waals surface area contributed by atoms with Gasteiger partial charge < -0.3 is 24.6 Å². The normalized spacial score (nSPS) is 13.8. The molecule has 5 rings (SSSR count). The van der Waals surface area contributed by atoms with Gasteiger partial charge in [-0.25, -0.2) is 14.4 Å². The molecule has 1 saturated heterocycles. The van der Waals surface area contributed by atoms with Crippen LogP contribution in [0.2, 0.25) is 0 Å². The molecule has 0 amide bonds. The van der Waals surface area contributed by atoms with Crippen molar-refractivity contribution < 1.29 is 13.9 Å². The topological polar surface area (TPSA) is 62.8 Å². The Labute approximate surface area is 210 Å². The second-order valence-corrected chi connectivity index (χ2v) is 8.97. The number of nitrogens with zero attached hydrogens (tertiary/aromatic N) is 4. The van der Waals surface area contributed by atoms with E-state index in [1.54, 1.807) is 18.3 Å². The average Bonchev–Trinajstić information content (AvgIpc) is 2.90. The first-order valence-electron chi connectivity index (χ1n) is 12.1. The van der Waals surface area contributed by atoms with Crippen molar-refractivity contribution in [1.29, 1.82) is 0 Å². The van der Waals surface area contributed by atoms with E-state index in [4.69, 9.17) is 14.5 Å². The van der Waals surface area contributed by atoms with Gasteiger partial charge in [-0.1, -0.05) is 30.3 Å². The van der Waals surface area contributed by atoms with Gasteiger partial charge in [0.05, 0.1) is 30.1 Å². The molecule has 4 aromatic rings. The second-order valence-electron chi connectivity index (χ2n) is 8.97. The number of hydrogen-bond acceptors (Lipinski definition) is 7. The summed E-state index contributed by atoms with van der Waals surface area (Å²) in [7, 11) is 3.97. The van der Waals surface area contributed by atoms with Gasteiger partial charge in [-0.05, 0) is 44.4 Å². The summed E-state index contributed by atoms with van der Waals surface area (Å²) in [6.45, 7) is 4.35. The Morgan fingerprint density at radius 2 is 1.86 bits per heavy atom. The molecule has 0 atom stereocenters. The number of morpholine rings is 1. The van der Waals surface area contributed by atoms with Crippen LogP contribution >= 0.6 is 0 Å². The van der Waals surface area contributed by atoms with Crippen LogP contribution in [0.25, 0.3) is 22.0 Å². The second kappa shape index (κ2) is 10.9. The molecule has 1 fully saturated rings. The maximum atomic E-state index is 15.0. The fraction of sp³-hybridized carbons (Fsp3) is 0.286. The third-order valence-electron chi connectivity index (χ3n) is 6.15. The lowest BCUT2D eigenvalue weighted by Crippen LogP contribution is -2.36. The molecule has 0 bridgehead atoms. The number of benzene rings is 3. The van der Waals surface area contributed by atoms with Crippen LogP contribution < -0.4 is 15.0 Å². The molecule has 1 N–H and O–H groups in total. The van der Waals surface area contributed by atoms with Gasteiger partial charge in [-0.2, -0.15) is 0 Å². The minimum Gasteiger partial charge on any atom is -0.492 e. The first kappa shape index (κ1) is 24.0. The number of halogens is 1. The van der Waals surface area contributed by atoms with E-state index in [1.807, 2.05) is 55.4 Å². The van der Waals surface area contributed by atoms with Crippen molar-refractivity contribution in [3.8, 4) is 16.9 Å². The molecule has 1 aromatic heterocycles. The maximum absolute atomic E-state index is 15.0. The molecule has 0 saturated carbocycles. The number of fused-ring (bicyclic) bond motifs is 1. The van der Waals surface area contributed by atoms with Crippen LogP contribution in [0.5, 0.6) is 5.75 Å². The van der Waals surface area contributed by atoms with E-state index in [9.17, 15) is 0 Å². The molecule has 2 heterocycles. The number of nitrogens with one attached hydrogen (secondary N) is 1. The quantitative estimate of drug-likeness (QED) is 0.377. The summed E-state index contributed by atoms with van der Waals surface area (Å²) in [5.74, 6) is 0.750. The standard InChI is InChI=1S/C28H30FN5O2/c1-33(2)12-17-36-21-10-11-24(29)23(18-21)22-7-5-6-20-19-30-28(32-27(20)22)31-25-8-3-4-9-26(25)34-13-15-35-16-14-34/h3-11,18-19H,12-17H2,1-2H3,(H,30,31,32). The molecule has 1 aliphatic heterocycles. The molecular weight excluding hydrogens is 457 g/mol. The van der Waals surface area contributed by atoms with E-state index in [0.717, 1.165) is 36.4 Å². The molecule has 0 radical (unpaired) electrons. The number of rotatable bonds is 8. The van der Waals surface area contributed by atoms with Crippen molar-refractivity contribution in [2.45, 2.75) is 0 Å². The highest BCUT2D eigenvalue weighted by Crippen LogP contribution is 2.33. The Balaban J connectivity index is 1.47. The summed E-state index contributed by atoms with van der Waals surface area (Å²) in [4.78, 5) is 13.7. The largest absolute Gasteiger partial charge is 0.492 e. The van der Waals surface area contributed by atoms with Gasteiger partial charge in [0, 0.05) is 42.3 Å². The minimum atomic E-state index is -0.326. The third kappa shape index (κ3) is 5.40. The van der Waals surface area contributed by atoms with E-state index in [-0.39, 0.29) is 5.82 Å². The number of hydrogen-bond donors (Lipinski definition) is 1. The van der Waals surface area contributed by atoms with Gasteiger partial charge in [-0.3, -0.25) is 0 Å². The summed E-state index contributed by atoms with van der Waals surface area (Å²) in [5.41, 5.74) is 3.80. The van der Waals surface area contributed by atoms with Gasteiger partial charge in [0.1, 0.15) is 18.2 Å². The van der Waals surface area contributed by atoms with Crippen LogP contribution in [0.15, 0.2) is 66.9 Å². The van der Waals surface area contributed by atoms with Gasteiger partial charge in [0.2, 0.25) is 5.95 Å². The lowest BCUT2D eigenvalue weighted by molar-refractivity contribution is 0.123. The first-order valence-corrected chi connectivity index (χ1v) is 12.1. The van der Waals surface area contributed by atoms with Crippen molar-refractivity contribution in [3.63, 3.8) is 0 Å². The molecule has 0 unspecified atom stereocenters. The number of ether oxygens (including phenoxy) is 2. The van der Waals surface area contributed by atoms with E-state index in [1.165, 1.54) is 6.07 Å². The molecule has 186 valence electrons. The third-order valence-corrected chi connectivity index (χ3v) is 6.15. The average molecular weight is 488 g/mol. The Morgan fingerprint density at radius 1 is 1.03 bits per heavy atom. The zero-order valence-electron chi connectivity index (χ0n) is 20.6. The summed E-state index contributed by atoms with van der Waals surface area (Å²) >= 11 is 0. The molecule has 0 spiro atoms. The Morgan fingerprint density at radius 3 is 2.69 bits per heavy atom. The first-order chi connectivity index (χ1) is 17.6. The zero-order chi connectivity index (χ0) is 24.9. The van der Waals surface area contributed by atoms with E-state index >= 15 is 4.39 Å². The smallest absolute Gasteiger partial charge is 0.227 e. The van der Waals surface area contributed by atoms with Crippen LogP contribution in [-0.4, -0.2) is 68.4 Å². The van der Waals surface area contributed by atoms with Crippen molar-refractivity contribution in [2.24, 2.45) is 0 Å². The van der Waals surface area contributed by atoms with Crippen molar-refractivity contribution >= 4 is 28.2 Å². The fourth-order valence-corrected chi connectivity index (χ4v) is 4.26. The summed E-state index contributed by atoms with van der Waals surface area (Å²) < 4.78 is 26.4. The van der Waals surface area contributed by atoms with E-state index in [2.05, 4.69) is 21.3 Å². The van der Waals surface area contributed by atoms with E-state index < -0.39 is 0 Å². The Hall–Kier alpha value is -3.75. The number of para-hydroxylation sites is 3. The predicted molar refractivity (Wildman–Crippen MR) is 142 cm³/mol. The SMILES string of the molecule is CN(C)CCOc1ccc(F)c(-c2cccc3cnc(Nc4ccccc4N4CCOCC4)nc23)c1. The fourth-order valence-electron chi connectivity index (χ4n) is 4.26. The van der Waals surface area contributed by atoms with E-state index in [0.29, 0.717) is 48.2 Å². The lowest BCUT2D eigenvalue weighted by atomic mass is 10.0. The Bertz CT molecular complexity index is 1340. The van der Waals surface area contributed by atoms with Crippen LogP contribution in [0, 0.1) is 5.82 Å². The molecular formula is C28H30FN5O2. The number of likely N-dealkylation sites (N-methyl/N-ethyl adjacent to an activating group) is 1. The van der Waals surface area contributed by atoms with Crippen LogP contribution in [0.4, 0.5) is 21.7 Å². The summed E-state index contributed by atoms with van der Waals surface area (Å²) in [5, 5.41) is 4.21. The van der Waals surface area contributed by atoms with Gasteiger partial charge in [-0.15, -0.1) is 0 Å². The van der Waals surface area contributed by atoms with Crippen molar-refractivity contribution in [2.75, 3.05) is 63.8 Å². The predicted octanol–water partition coefficient (Wildman–Crippen LogP) is 4.96. The maximum Gasteiger partial charge on any atom is 0.227 e. The molecule has 0 aliphatic carbocycles. The van der Waals surface area contributed by atoms with Gasteiger partial charge in [0.15, 0.2) is 0 Å². The molecule has 1 aliphatic rings. The van der Waals surface area contributed by atoms with Gasteiger partial charge in [0.25, 0.3) is 0 Å². The number of anilines is 3. The van der Waals surface area contributed by atoms with Crippen molar-refractivity contribution in [3.05, 3.63) is 72.7 Å². The molecule has 8 heteroatoms. The molecule has 3 aromatic carbocycles. The lowest BCUT2D eigenvalue weighted by Gasteiger charge is -2.30. The Kier molecular flexibility index (Phi) is 7.25. The zero-order valence-corrected chi connectivity index (χ0v) is 20.6. The van der Waals surface area contributed by atoms with Gasteiger partial charge >= 0.3 is 0 Å². The van der Waals surface area contributed by atoms with Crippen molar-refractivity contribution in [1.82, 2.24) is 14.9 Å². The highest BCUT2D eigenvalue weighted by atomic mass is 19.1. The summed E-state index contributed by atoms with van der Waals surface area (Å²) in [6, 6.07) is 18.6. The molecule has 7 nitrogen and oxygen atoms in total.